The largest absolute Gasteiger partial charge is 0.456 e. The minimum Gasteiger partial charge on any atom is -0.456 e. The highest BCUT2D eigenvalue weighted by Crippen LogP contribution is 2.36. The van der Waals surface area contributed by atoms with Gasteiger partial charge in [0.1, 0.15) is 29.3 Å². The molecule has 31 heavy (non-hydrogen) atoms. The van der Waals surface area contributed by atoms with Gasteiger partial charge in [-0.05, 0) is 43.4 Å². The van der Waals surface area contributed by atoms with Crippen LogP contribution in [0.25, 0.3) is 27.4 Å². The fraction of sp³-hybridized carbons (Fsp3) is 0.300. The summed E-state index contributed by atoms with van der Waals surface area (Å²) in [5, 5.41) is 20.5. The molecule has 5 heterocycles. The molecule has 1 aliphatic carbocycles. The molecule has 0 bridgehead atoms. The van der Waals surface area contributed by atoms with Crippen molar-refractivity contribution >= 4 is 32.9 Å². The summed E-state index contributed by atoms with van der Waals surface area (Å²) in [4.78, 5) is 22.2. The Morgan fingerprint density at radius 2 is 2.13 bits per heavy atom. The van der Waals surface area contributed by atoms with E-state index in [0.29, 0.717) is 17.3 Å². The number of fused-ring (bicyclic) bond motifs is 5. The lowest BCUT2D eigenvalue weighted by Gasteiger charge is -1.98. The maximum absolute atomic E-state index is 10.8. The average molecular weight is 435 g/mol. The SMILES string of the molecule is O=[N+]([O-])c1cnn(Cc2ccc(-c3nc4c5c6c(sc5ncn4n3)CCCCC6)o2)c1. The highest BCUT2D eigenvalue weighted by atomic mass is 32.1. The van der Waals surface area contributed by atoms with Crippen LogP contribution in [0.5, 0.6) is 0 Å². The van der Waals surface area contributed by atoms with Gasteiger partial charge in [0.25, 0.3) is 0 Å². The Labute approximate surface area is 179 Å². The van der Waals surface area contributed by atoms with E-state index >= 15 is 0 Å². The van der Waals surface area contributed by atoms with E-state index in [4.69, 9.17) is 9.40 Å². The molecule has 0 amide bonds. The smallest absolute Gasteiger partial charge is 0.307 e. The standard InChI is InChI=1S/C20H17N7O3S/c28-27(29)12-8-22-25(9-12)10-13-6-7-15(30-13)18-23-19-17-14-4-2-1-3-5-16(14)31-20(17)21-11-26(19)24-18/h6-9,11H,1-5,10H2. The molecule has 0 unspecified atom stereocenters. The maximum Gasteiger partial charge on any atom is 0.307 e. The monoisotopic (exact) mass is 435 g/mol. The molecule has 0 aromatic carbocycles. The van der Waals surface area contributed by atoms with Gasteiger partial charge in [0, 0.05) is 4.88 Å². The molecule has 0 radical (unpaired) electrons. The van der Waals surface area contributed by atoms with Crippen molar-refractivity contribution in [2.24, 2.45) is 0 Å². The zero-order valence-electron chi connectivity index (χ0n) is 16.4. The van der Waals surface area contributed by atoms with Crippen LogP contribution in [0.4, 0.5) is 5.69 Å². The third-order valence-corrected chi connectivity index (χ3v) is 6.77. The minimum atomic E-state index is -0.475. The number of nitrogens with zero attached hydrogens (tertiary/aromatic N) is 7. The van der Waals surface area contributed by atoms with Crippen molar-refractivity contribution < 1.29 is 9.34 Å². The third-order valence-electron chi connectivity index (χ3n) is 5.57. The van der Waals surface area contributed by atoms with Crippen LogP contribution in [-0.4, -0.2) is 34.3 Å². The molecule has 10 nitrogen and oxygen atoms in total. The Hall–Kier alpha value is -3.60. The molecule has 6 rings (SSSR count). The molecule has 0 aliphatic heterocycles. The summed E-state index contributed by atoms with van der Waals surface area (Å²) in [6, 6.07) is 3.61. The van der Waals surface area contributed by atoms with E-state index < -0.39 is 4.92 Å². The van der Waals surface area contributed by atoms with E-state index in [1.54, 1.807) is 34.3 Å². The van der Waals surface area contributed by atoms with Crippen molar-refractivity contribution in [2.75, 3.05) is 0 Å². The van der Waals surface area contributed by atoms with Gasteiger partial charge in [-0.2, -0.15) is 5.10 Å². The van der Waals surface area contributed by atoms with Crippen LogP contribution >= 0.6 is 11.3 Å². The lowest BCUT2D eigenvalue weighted by atomic mass is 10.1. The summed E-state index contributed by atoms with van der Waals surface area (Å²) in [5.41, 5.74) is 2.12. The third kappa shape index (κ3) is 3.08. The molecular formula is C20H17N7O3S. The number of nitro groups is 1. The molecule has 0 atom stereocenters. The predicted octanol–water partition coefficient (Wildman–Crippen LogP) is 4.02. The van der Waals surface area contributed by atoms with Crippen LogP contribution in [0.15, 0.2) is 35.3 Å². The topological polar surface area (TPSA) is 117 Å². The highest BCUT2D eigenvalue weighted by molar-refractivity contribution is 7.19. The first-order valence-corrected chi connectivity index (χ1v) is 10.9. The normalized spacial score (nSPS) is 14.2. The molecule has 0 fully saturated rings. The van der Waals surface area contributed by atoms with Crippen LogP contribution in [0.2, 0.25) is 0 Å². The molecule has 156 valence electrons. The second-order valence-electron chi connectivity index (χ2n) is 7.61. The first-order valence-electron chi connectivity index (χ1n) is 10.1. The number of aromatic nitrogens is 6. The molecule has 11 heteroatoms. The Morgan fingerprint density at radius 1 is 1.23 bits per heavy atom. The highest BCUT2D eigenvalue weighted by Gasteiger charge is 2.21. The number of hydrogen-bond donors (Lipinski definition) is 0. The van der Waals surface area contributed by atoms with Crippen LogP contribution in [0.1, 0.15) is 35.5 Å². The van der Waals surface area contributed by atoms with Gasteiger partial charge in [0.2, 0.25) is 5.82 Å². The molecule has 1 aliphatic rings. The van der Waals surface area contributed by atoms with E-state index in [0.717, 1.165) is 28.7 Å². The predicted molar refractivity (Wildman–Crippen MR) is 113 cm³/mol. The van der Waals surface area contributed by atoms with Crippen molar-refractivity contribution in [1.29, 1.82) is 0 Å². The van der Waals surface area contributed by atoms with Crippen LogP contribution in [0.3, 0.4) is 0 Å². The molecule has 5 aromatic heterocycles. The van der Waals surface area contributed by atoms with E-state index in [2.05, 4.69) is 15.2 Å². The van der Waals surface area contributed by atoms with Crippen molar-refractivity contribution in [2.45, 2.75) is 38.6 Å². The first-order chi connectivity index (χ1) is 15.2. The van der Waals surface area contributed by atoms with Crippen molar-refractivity contribution in [3.05, 3.63) is 57.2 Å². The summed E-state index contributed by atoms with van der Waals surface area (Å²) in [7, 11) is 0. The summed E-state index contributed by atoms with van der Waals surface area (Å²) in [5.74, 6) is 1.63. The van der Waals surface area contributed by atoms with Gasteiger partial charge < -0.3 is 4.42 Å². The fourth-order valence-electron chi connectivity index (χ4n) is 4.11. The zero-order valence-corrected chi connectivity index (χ0v) is 17.2. The molecular weight excluding hydrogens is 418 g/mol. The Morgan fingerprint density at radius 3 is 3.00 bits per heavy atom. The Bertz CT molecular complexity index is 1440. The lowest BCUT2D eigenvalue weighted by Crippen LogP contribution is -1.98. The van der Waals surface area contributed by atoms with Crippen LogP contribution in [0, 0.1) is 10.1 Å². The van der Waals surface area contributed by atoms with Gasteiger partial charge in [-0.15, -0.1) is 16.4 Å². The van der Waals surface area contributed by atoms with Crippen molar-refractivity contribution in [3.8, 4) is 11.6 Å². The van der Waals surface area contributed by atoms with E-state index in [-0.39, 0.29) is 12.2 Å². The van der Waals surface area contributed by atoms with Gasteiger partial charge in [-0.25, -0.2) is 14.5 Å². The zero-order chi connectivity index (χ0) is 20.9. The fourth-order valence-corrected chi connectivity index (χ4v) is 5.34. The van der Waals surface area contributed by atoms with Crippen molar-refractivity contribution in [1.82, 2.24) is 29.4 Å². The summed E-state index contributed by atoms with van der Waals surface area (Å²) < 4.78 is 9.09. The number of furan rings is 1. The van der Waals surface area contributed by atoms with Gasteiger partial charge in [0.15, 0.2) is 11.4 Å². The molecule has 0 saturated heterocycles. The lowest BCUT2D eigenvalue weighted by molar-refractivity contribution is -0.385. The van der Waals surface area contributed by atoms with E-state index in [9.17, 15) is 10.1 Å². The maximum atomic E-state index is 10.8. The first kappa shape index (κ1) is 18.2. The Kier molecular flexibility index (Phi) is 4.10. The number of aryl methyl sites for hydroxylation is 2. The van der Waals surface area contributed by atoms with E-state index in [1.807, 2.05) is 0 Å². The van der Waals surface area contributed by atoms with Gasteiger partial charge in [-0.1, -0.05) is 6.42 Å². The Balaban J connectivity index is 1.36. The molecule has 0 saturated carbocycles. The van der Waals surface area contributed by atoms with Crippen LogP contribution in [-0.2, 0) is 19.4 Å². The van der Waals surface area contributed by atoms with E-state index in [1.165, 1.54) is 46.8 Å². The number of rotatable bonds is 4. The van der Waals surface area contributed by atoms with Gasteiger partial charge in [0.05, 0.1) is 16.9 Å². The minimum absolute atomic E-state index is 0.0554. The molecule has 5 aromatic rings. The summed E-state index contributed by atoms with van der Waals surface area (Å²) in [6.45, 7) is 0.283. The van der Waals surface area contributed by atoms with Crippen molar-refractivity contribution in [3.63, 3.8) is 0 Å². The number of hydrogen-bond acceptors (Lipinski definition) is 8. The number of thiophene rings is 1. The van der Waals surface area contributed by atoms with Crippen LogP contribution < -0.4 is 0 Å². The summed E-state index contributed by atoms with van der Waals surface area (Å²) >= 11 is 1.77. The second kappa shape index (κ2) is 6.98. The van der Waals surface area contributed by atoms with Gasteiger partial charge in [-0.3, -0.25) is 14.8 Å². The van der Waals surface area contributed by atoms with Gasteiger partial charge >= 0.3 is 5.69 Å². The molecule has 0 spiro atoms. The quantitative estimate of drug-likeness (QED) is 0.238. The second-order valence-corrected chi connectivity index (χ2v) is 8.70. The molecule has 0 N–H and O–H groups in total. The average Bonchev–Trinajstić information content (AvgIpc) is 3.51. The summed E-state index contributed by atoms with van der Waals surface area (Å²) in [6.07, 6.45) is 10.1.